The van der Waals surface area contributed by atoms with Gasteiger partial charge in [0.25, 0.3) is 5.82 Å². The second-order valence-electron chi connectivity index (χ2n) is 3.77. The van der Waals surface area contributed by atoms with Crippen LogP contribution in [0.15, 0.2) is 6.20 Å². The molecule has 1 rings (SSSR count). The SMILES string of the molecule is CCn1cc(CCC(=O)OC)[n+](CC)c1C.[I-]. The first-order valence-corrected chi connectivity index (χ1v) is 5.79. The first kappa shape index (κ1) is 16.4. The highest BCUT2D eigenvalue weighted by atomic mass is 127. The number of esters is 1. The van der Waals surface area contributed by atoms with E-state index in [9.17, 15) is 4.79 Å². The maximum Gasteiger partial charge on any atom is 0.305 e. The second-order valence-corrected chi connectivity index (χ2v) is 3.77. The van der Waals surface area contributed by atoms with Crippen molar-refractivity contribution in [1.29, 1.82) is 0 Å². The minimum absolute atomic E-state index is 0. The van der Waals surface area contributed by atoms with E-state index >= 15 is 0 Å². The van der Waals surface area contributed by atoms with Crippen LogP contribution in [0, 0.1) is 6.92 Å². The summed E-state index contributed by atoms with van der Waals surface area (Å²) in [6.07, 6.45) is 3.32. The number of rotatable bonds is 5. The third-order valence-corrected chi connectivity index (χ3v) is 2.93. The molecule has 0 fully saturated rings. The molecule has 98 valence electrons. The highest BCUT2D eigenvalue weighted by molar-refractivity contribution is 5.69. The minimum Gasteiger partial charge on any atom is -1.00 e. The van der Waals surface area contributed by atoms with Crippen LogP contribution < -0.4 is 28.5 Å². The first-order valence-electron chi connectivity index (χ1n) is 5.79. The summed E-state index contributed by atoms with van der Waals surface area (Å²) >= 11 is 0. The Morgan fingerprint density at radius 1 is 1.47 bits per heavy atom. The molecule has 0 aliphatic heterocycles. The van der Waals surface area contributed by atoms with Gasteiger partial charge in [-0.15, -0.1) is 0 Å². The number of aromatic nitrogens is 2. The third-order valence-electron chi connectivity index (χ3n) is 2.93. The Morgan fingerprint density at radius 3 is 2.59 bits per heavy atom. The zero-order chi connectivity index (χ0) is 12.1. The predicted molar refractivity (Wildman–Crippen MR) is 61.0 cm³/mol. The molecular formula is C12H21IN2O2. The number of ether oxygens (including phenoxy) is 1. The van der Waals surface area contributed by atoms with Gasteiger partial charge in [0.1, 0.15) is 11.9 Å². The van der Waals surface area contributed by atoms with Crippen molar-refractivity contribution in [1.82, 2.24) is 4.57 Å². The molecule has 0 aromatic carbocycles. The van der Waals surface area contributed by atoms with Crippen molar-refractivity contribution in [2.24, 2.45) is 0 Å². The maximum atomic E-state index is 11.1. The largest absolute Gasteiger partial charge is 1.00 e. The molecule has 0 atom stereocenters. The fourth-order valence-corrected chi connectivity index (χ4v) is 1.99. The van der Waals surface area contributed by atoms with Crippen molar-refractivity contribution in [3.05, 3.63) is 17.7 Å². The fraction of sp³-hybridized carbons (Fsp3) is 0.667. The van der Waals surface area contributed by atoms with Gasteiger partial charge >= 0.3 is 5.97 Å². The molecule has 1 aromatic heterocycles. The van der Waals surface area contributed by atoms with E-state index in [2.05, 4.69) is 40.8 Å². The normalized spacial score (nSPS) is 9.88. The number of nitrogens with zero attached hydrogens (tertiary/aromatic N) is 2. The topological polar surface area (TPSA) is 35.1 Å². The van der Waals surface area contributed by atoms with Crippen LogP contribution in [0.1, 0.15) is 31.8 Å². The summed E-state index contributed by atoms with van der Waals surface area (Å²) in [7, 11) is 1.43. The number of imidazole rings is 1. The van der Waals surface area contributed by atoms with E-state index in [1.54, 1.807) is 0 Å². The summed E-state index contributed by atoms with van der Waals surface area (Å²) in [4.78, 5) is 11.1. The van der Waals surface area contributed by atoms with Gasteiger partial charge in [0, 0.05) is 13.3 Å². The van der Waals surface area contributed by atoms with E-state index < -0.39 is 0 Å². The Bertz CT molecular complexity index is 375. The lowest BCUT2D eigenvalue weighted by molar-refractivity contribution is -0.706. The molecule has 0 amide bonds. The number of carbonyl (C=O) groups is 1. The van der Waals surface area contributed by atoms with Crippen molar-refractivity contribution in [2.45, 2.75) is 46.7 Å². The third kappa shape index (κ3) is 3.97. The van der Waals surface area contributed by atoms with Crippen LogP contribution in [-0.4, -0.2) is 17.6 Å². The number of halogens is 1. The van der Waals surface area contributed by atoms with Crippen LogP contribution >= 0.6 is 0 Å². The van der Waals surface area contributed by atoms with Crippen molar-refractivity contribution in [3.8, 4) is 0 Å². The molecule has 0 N–H and O–H groups in total. The predicted octanol–water partition coefficient (Wildman–Crippen LogP) is -1.77. The monoisotopic (exact) mass is 352 g/mol. The lowest BCUT2D eigenvalue weighted by atomic mass is 10.2. The average molecular weight is 352 g/mol. The Hall–Kier alpha value is -0.590. The molecule has 17 heavy (non-hydrogen) atoms. The molecule has 1 heterocycles. The number of hydrogen-bond acceptors (Lipinski definition) is 2. The Labute approximate surface area is 120 Å². The molecule has 0 radical (unpaired) electrons. The molecule has 0 saturated carbocycles. The lowest BCUT2D eigenvalue weighted by Gasteiger charge is -2.00. The second kappa shape index (κ2) is 7.68. The molecule has 1 aromatic rings. The van der Waals surface area contributed by atoms with Crippen LogP contribution in [0.3, 0.4) is 0 Å². The summed E-state index contributed by atoms with van der Waals surface area (Å²) in [5.74, 6) is 1.09. The number of hydrogen-bond donors (Lipinski definition) is 0. The van der Waals surface area contributed by atoms with Gasteiger partial charge in [-0.25, -0.2) is 9.13 Å². The van der Waals surface area contributed by atoms with Crippen LogP contribution in [0.25, 0.3) is 0 Å². The molecule has 0 aliphatic rings. The quantitative estimate of drug-likeness (QED) is 0.357. The van der Waals surface area contributed by atoms with Gasteiger partial charge in [-0.1, -0.05) is 0 Å². The van der Waals surface area contributed by atoms with Crippen molar-refractivity contribution in [2.75, 3.05) is 7.11 Å². The van der Waals surface area contributed by atoms with Gasteiger partial charge in [0.15, 0.2) is 0 Å². The van der Waals surface area contributed by atoms with Gasteiger partial charge in [-0.2, -0.15) is 0 Å². The average Bonchev–Trinajstić information content (AvgIpc) is 2.61. The van der Waals surface area contributed by atoms with Crippen molar-refractivity contribution >= 4 is 5.97 Å². The van der Waals surface area contributed by atoms with E-state index in [0.717, 1.165) is 19.5 Å². The van der Waals surface area contributed by atoms with Crippen LogP contribution in [-0.2, 0) is 29.0 Å². The Kier molecular flexibility index (Phi) is 7.41. The smallest absolute Gasteiger partial charge is 0.305 e. The highest BCUT2D eigenvalue weighted by Gasteiger charge is 2.18. The van der Waals surface area contributed by atoms with E-state index in [1.807, 2.05) is 0 Å². The van der Waals surface area contributed by atoms with Crippen molar-refractivity contribution < 1.29 is 38.1 Å². The van der Waals surface area contributed by atoms with E-state index in [4.69, 9.17) is 0 Å². The molecule has 4 nitrogen and oxygen atoms in total. The highest BCUT2D eigenvalue weighted by Crippen LogP contribution is 2.04. The molecular weight excluding hydrogens is 331 g/mol. The fourth-order valence-electron chi connectivity index (χ4n) is 1.99. The minimum atomic E-state index is -0.149. The summed E-state index contributed by atoms with van der Waals surface area (Å²) in [5, 5.41) is 0. The van der Waals surface area contributed by atoms with Gasteiger partial charge < -0.3 is 28.7 Å². The van der Waals surface area contributed by atoms with Crippen LogP contribution in [0.2, 0.25) is 0 Å². The van der Waals surface area contributed by atoms with Crippen LogP contribution in [0.4, 0.5) is 0 Å². The van der Waals surface area contributed by atoms with Crippen LogP contribution in [0.5, 0.6) is 0 Å². The number of aryl methyl sites for hydroxylation is 2. The summed E-state index contributed by atoms with van der Waals surface area (Å²) < 4.78 is 9.10. The molecule has 0 bridgehead atoms. The summed E-state index contributed by atoms with van der Waals surface area (Å²) in [6.45, 7) is 8.25. The van der Waals surface area contributed by atoms with Crippen molar-refractivity contribution in [3.63, 3.8) is 0 Å². The number of methoxy groups -OCH3 is 1. The zero-order valence-electron chi connectivity index (χ0n) is 11.0. The standard InChI is InChI=1S/C12H21N2O2.HI/c1-5-13-9-11(7-8-12(15)16-4)14(6-2)10(13)3;/h9H,5-8H2,1-4H3;1H/q+1;/p-1. The maximum absolute atomic E-state index is 11.1. The summed E-state index contributed by atoms with van der Waals surface area (Å²) in [6, 6.07) is 0. The molecule has 0 spiro atoms. The molecule has 5 heteroatoms. The Balaban J connectivity index is 0.00000256. The molecule has 0 unspecified atom stereocenters. The van der Waals surface area contributed by atoms with Gasteiger partial charge in [-0.05, 0) is 13.8 Å². The van der Waals surface area contributed by atoms with Gasteiger partial charge in [0.2, 0.25) is 0 Å². The lowest BCUT2D eigenvalue weighted by Crippen LogP contribution is -3.00. The first-order chi connectivity index (χ1) is 7.63. The van der Waals surface area contributed by atoms with E-state index in [0.29, 0.717) is 6.42 Å². The molecule has 0 aliphatic carbocycles. The Morgan fingerprint density at radius 2 is 2.12 bits per heavy atom. The van der Waals surface area contributed by atoms with E-state index in [-0.39, 0.29) is 29.9 Å². The zero-order valence-corrected chi connectivity index (χ0v) is 13.2. The van der Waals surface area contributed by atoms with Gasteiger partial charge in [0.05, 0.1) is 26.6 Å². The number of carbonyl (C=O) groups excluding carboxylic acids is 1. The summed E-state index contributed by atoms with van der Waals surface area (Å²) in [5.41, 5.74) is 1.20. The van der Waals surface area contributed by atoms with E-state index in [1.165, 1.54) is 18.6 Å². The van der Waals surface area contributed by atoms with Gasteiger partial charge in [-0.3, -0.25) is 4.79 Å². The molecule has 0 saturated heterocycles.